The summed E-state index contributed by atoms with van der Waals surface area (Å²) in [6, 6.07) is 4.49. The van der Waals surface area contributed by atoms with Crippen molar-refractivity contribution in [3.63, 3.8) is 0 Å². The molecule has 1 aromatic carbocycles. The lowest BCUT2D eigenvalue weighted by Gasteiger charge is -2.09. The van der Waals surface area contributed by atoms with Gasteiger partial charge < -0.3 is 15.6 Å². The molecule has 2 aromatic rings. The van der Waals surface area contributed by atoms with Gasteiger partial charge in [0.2, 0.25) is 0 Å². The van der Waals surface area contributed by atoms with Crippen LogP contribution in [0.2, 0.25) is 0 Å². The Bertz CT molecular complexity index is 667. The average molecular weight is 295 g/mol. The first-order chi connectivity index (χ1) is 9.51. The van der Waals surface area contributed by atoms with Gasteiger partial charge in [0.1, 0.15) is 16.4 Å². The number of ether oxygens (including phenoxy) is 1. The van der Waals surface area contributed by atoms with Gasteiger partial charge in [-0.1, -0.05) is 13.0 Å². The summed E-state index contributed by atoms with van der Waals surface area (Å²) < 4.78 is 19.3. The van der Waals surface area contributed by atoms with Crippen LogP contribution in [-0.4, -0.2) is 18.2 Å². The number of rotatable bonds is 4. The highest BCUT2D eigenvalue weighted by Gasteiger charge is 2.24. The van der Waals surface area contributed by atoms with Crippen molar-refractivity contribution in [2.75, 3.05) is 12.8 Å². The third-order valence-corrected chi connectivity index (χ3v) is 4.27. The summed E-state index contributed by atoms with van der Waals surface area (Å²) in [5.74, 6) is -1.21. The van der Waals surface area contributed by atoms with Crippen LogP contribution in [0.1, 0.15) is 22.2 Å². The second-order valence-corrected chi connectivity index (χ2v) is 5.15. The lowest BCUT2D eigenvalue weighted by molar-refractivity contribution is 0.0703. The van der Waals surface area contributed by atoms with E-state index < -0.39 is 11.8 Å². The van der Waals surface area contributed by atoms with Crippen molar-refractivity contribution in [3.8, 4) is 16.2 Å². The quantitative estimate of drug-likeness (QED) is 0.906. The molecule has 0 unspecified atom stereocenters. The van der Waals surface area contributed by atoms with E-state index in [1.165, 1.54) is 13.2 Å². The molecule has 0 aliphatic carbocycles. The van der Waals surface area contributed by atoms with Crippen LogP contribution in [0, 0.1) is 5.82 Å². The Labute approximate surface area is 119 Å². The lowest BCUT2D eigenvalue weighted by Crippen LogP contribution is -1.99. The summed E-state index contributed by atoms with van der Waals surface area (Å²) in [7, 11) is 1.44. The summed E-state index contributed by atoms with van der Waals surface area (Å²) in [5.41, 5.74) is 6.96. The standard InChI is InChI=1S/C14H14FNO3S/c1-3-7-11(16)13(14(17)18)20-12(7)10-8(15)5-4-6-9(10)19-2/h4-6H,3,16H2,1-2H3,(H,17,18). The van der Waals surface area contributed by atoms with Crippen LogP contribution in [0.15, 0.2) is 18.2 Å². The van der Waals surface area contributed by atoms with Crippen molar-refractivity contribution >= 4 is 23.0 Å². The molecule has 106 valence electrons. The predicted octanol–water partition coefficient (Wildman–Crippen LogP) is 3.41. The molecular weight excluding hydrogens is 281 g/mol. The number of nitrogens with two attached hydrogens (primary N) is 1. The van der Waals surface area contributed by atoms with Crippen LogP contribution in [-0.2, 0) is 6.42 Å². The van der Waals surface area contributed by atoms with Crippen LogP contribution >= 0.6 is 11.3 Å². The number of methoxy groups -OCH3 is 1. The zero-order valence-corrected chi connectivity index (χ0v) is 11.9. The largest absolute Gasteiger partial charge is 0.496 e. The first-order valence-corrected chi connectivity index (χ1v) is 6.80. The van der Waals surface area contributed by atoms with Gasteiger partial charge in [0.25, 0.3) is 0 Å². The summed E-state index contributed by atoms with van der Waals surface area (Å²) in [4.78, 5) is 11.7. The van der Waals surface area contributed by atoms with E-state index in [1.54, 1.807) is 12.1 Å². The molecule has 0 amide bonds. The lowest BCUT2D eigenvalue weighted by atomic mass is 10.0. The highest BCUT2D eigenvalue weighted by molar-refractivity contribution is 7.18. The fraction of sp³-hybridized carbons (Fsp3) is 0.214. The molecule has 0 aliphatic heterocycles. The van der Waals surface area contributed by atoms with E-state index >= 15 is 0 Å². The Balaban J connectivity index is 2.76. The third kappa shape index (κ3) is 2.22. The number of hydrogen-bond acceptors (Lipinski definition) is 4. The molecular formula is C14H14FNO3S. The first-order valence-electron chi connectivity index (χ1n) is 5.98. The highest BCUT2D eigenvalue weighted by atomic mass is 32.1. The van der Waals surface area contributed by atoms with Gasteiger partial charge in [0.05, 0.1) is 18.4 Å². The molecule has 0 radical (unpaired) electrons. The van der Waals surface area contributed by atoms with E-state index in [0.29, 0.717) is 22.6 Å². The molecule has 0 spiro atoms. The molecule has 0 saturated heterocycles. The fourth-order valence-corrected chi connectivity index (χ4v) is 3.29. The van der Waals surface area contributed by atoms with Gasteiger partial charge in [-0.15, -0.1) is 11.3 Å². The zero-order chi connectivity index (χ0) is 14.9. The van der Waals surface area contributed by atoms with Crippen molar-refractivity contribution in [2.24, 2.45) is 0 Å². The second kappa shape index (κ2) is 5.50. The Morgan fingerprint density at radius 3 is 2.75 bits per heavy atom. The van der Waals surface area contributed by atoms with Crippen LogP contribution in [0.3, 0.4) is 0 Å². The smallest absolute Gasteiger partial charge is 0.348 e. The normalized spacial score (nSPS) is 10.6. The number of hydrogen-bond donors (Lipinski definition) is 2. The van der Waals surface area contributed by atoms with Crippen LogP contribution in [0.5, 0.6) is 5.75 Å². The number of carboxylic acids is 1. The maximum absolute atomic E-state index is 14.1. The molecule has 20 heavy (non-hydrogen) atoms. The maximum atomic E-state index is 14.1. The Kier molecular flexibility index (Phi) is 3.94. The van der Waals surface area contributed by atoms with Gasteiger partial charge in [0, 0.05) is 4.88 Å². The molecule has 3 N–H and O–H groups in total. The molecule has 0 fully saturated rings. The van der Waals surface area contributed by atoms with Crippen molar-refractivity contribution in [1.82, 2.24) is 0 Å². The van der Waals surface area contributed by atoms with Gasteiger partial charge >= 0.3 is 5.97 Å². The Hall–Kier alpha value is -2.08. The zero-order valence-electron chi connectivity index (χ0n) is 11.1. The van der Waals surface area contributed by atoms with Crippen LogP contribution in [0.25, 0.3) is 10.4 Å². The Morgan fingerprint density at radius 1 is 1.50 bits per heavy atom. The number of anilines is 1. The van der Waals surface area contributed by atoms with Crippen LogP contribution in [0.4, 0.5) is 10.1 Å². The highest BCUT2D eigenvalue weighted by Crippen LogP contribution is 2.43. The van der Waals surface area contributed by atoms with Crippen LogP contribution < -0.4 is 10.5 Å². The minimum atomic E-state index is -1.11. The monoisotopic (exact) mass is 295 g/mol. The summed E-state index contributed by atoms with van der Waals surface area (Å²) in [5, 5.41) is 9.15. The topological polar surface area (TPSA) is 72.5 Å². The molecule has 0 saturated carbocycles. The number of halogens is 1. The second-order valence-electron chi connectivity index (χ2n) is 4.13. The maximum Gasteiger partial charge on any atom is 0.348 e. The molecule has 1 aromatic heterocycles. The SMILES string of the molecule is CCc1c(-c2c(F)cccc2OC)sc(C(=O)O)c1N. The van der Waals surface area contributed by atoms with Gasteiger partial charge in [-0.3, -0.25) is 0 Å². The predicted molar refractivity (Wildman–Crippen MR) is 77.0 cm³/mol. The van der Waals surface area contributed by atoms with Crippen molar-refractivity contribution in [3.05, 3.63) is 34.5 Å². The van der Waals surface area contributed by atoms with Crippen molar-refractivity contribution in [1.29, 1.82) is 0 Å². The van der Waals surface area contributed by atoms with E-state index in [-0.39, 0.29) is 16.1 Å². The van der Waals surface area contributed by atoms with Crippen molar-refractivity contribution in [2.45, 2.75) is 13.3 Å². The van der Waals surface area contributed by atoms with Crippen molar-refractivity contribution < 1.29 is 19.0 Å². The number of nitrogen functional groups attached to an aromatic ring is 1. The molecule has 6 heteroatoms. The number of thiophene rings is 1. The number of benzene rings is 1. The van der Waals surface area contributed by atoms with E-state index in [4.69, 9.17) is 15.6 Å². The van der Waals surface area contributed by atoms with Gasteiger partial charge in [-0.25, -0.2) is 9.18 Å². The Morgan fingerprint density at radius 2 is 2.20 bits per heavy atom. The number of aromatic carboxylic acids is 1. The van der Waals surface area contributed by atoms with E-state index in [9.17, 15) is 9.18 Å². The molecule has 1 heterocycles. The van der Waals surface area contributed by atoms with E-state index in [0.717, 1.165) is 11.3 Å². The minimum absolute atomic E-state index is 0.0298. The molecule has 0 bridgehead atoms. The molecule has 0 aliphatic rings. The van der Waals surface area contributed by atoms with E-state index in [1.807, 2.05) is 6.92 Å². The summed E-state index contributed by atoms with van der Waals surface area (Å²) in [6.07, 6.45) is 0.516. The van der Waals surface area contributed by atoms with Gasteiger partial charge in [-0.2, -0.15) is 0 Å². The number of carboxylic acid groups (broad SMARTS) is 1. The van der Waals surface area contributed by atoms with Gasteiger partial charge in [0.15, 0.2) is 0 Å². The minimum Gasteiger partial charge on any atom is -0.496 e. The summed E-state index contributed by atoms with van der Waals surface area (Å²) >= 11 is 0.971. The molecule has 2 rings (SSSR count). The van der Waals surface area contributed by atoms with Gasteiger partial charge in [-0.05, 0) is 24.1 Å². The summed E-state index contributed by atoms with van der Waals surface area (Å²) in [6.45, 7) is 1.85. The third-order valence-electron chi connectivity index (χ3n) is 3.02. The molecule has 4 nitrogen and oxygen atoms in total. The number of carbonyl (C=O) groups is 1. The first kappa shape index (κ1) is 14.3. The average Bonchev–Trinajstić information content (AvgIpc) is 2.75. The molecule has 0 atom stereocenters. The van der Waals surface area contributed by atoms with E-state index in [2.05, 4.69) is 0 Å². The fourth-order valence-electron chi connectivity index (χ4n) is 2.08.